The average Bonchev–Trinajstić information content (AvgIpc) is 2.65. The van der Waals surface area contributed by atoms with Gasteiger partial charge in [0.15, 0.2) is 0 Å². The molecule has 18 heavy (non-hydrogen) atoms. The van der Waals surface area contributed by atoms with Crippen molar-refractivity contribution in [3.8, 4) is 0 Å². The highest BCUT2D eigenvalue weighted by molar-refractivity contribution is 9.12. The molecule has 0 amide bonds. The Labute approximate surface area is 131 Å². The van der Waals surface area contributed by atoms with Crippen molar-refractivity contribution in [1.82, 2.24) is 5.32 Å². The molecule has 1 heterocycles. The van der Waals surface area contributed by atoms with Crippen LogP contribution in [-0.4, -0.2) is 6.54 Å². The maximum atomic E-state index is 3.72. The lowest BCUT2D eigenvalue weighted by Gasteiger charge is -2.33. The molecular weight excluding hydrogens is 374 g/mol. The molecule has 4 heteroatoms. The second kappa shape index (κ2) is 6.87. The molecule has 1 N–H and O–H groups in total. The van der Waals surface area contributed by atoms with Crippen LogP contribution in [0.3, 0.4) is 0 Å². The first-order chi connectivity index (χ1) is 8.61. The van der Waals surface area contributed by atoms with Crippen LogP contribution in [-0.2, 0) is 0 Å². The number of rotatable bonds is 4. The molecule has 2 rings (SSSR count). The maximum Gasteiger partial charge on any atom is 0.0758 e. The van der Waals surface area contributed by atoms with Crippen molar-refractivity contribution in [2.24, 2.45) is 11.8 Å². The lowest BCUT2D eigenvalue weighted by atomic mass is 9.77. The van der Waals surface area contributed by atoms with Crippen LogP contribution in [0.4, 0.5) is 0 Å². The summed E-state index contributed by atoms with van der Waals surface area (Å²) < 4.78 is 2.50. The van der Waals surface area contributed by atoms with Crippen LogP contribution in [0.15, 0.2) is 13.6 Å². The van der Waals surface area contributed by atoms with E-state index >= 15 is 0 Å². The Morgan fingerprint density at radius 2 is 2.22 bits per heavy atom. The second-order valence-electron chi connectivity index (χ2n) is 5.35. The molecule has 0 spiro atoms. The van der Waals surface area contributed by atoms with Crippen LogP contribution in [0.25, 0.3) is 0 Å². The van der Waals surface area contributed by atoms with Crippen molar-refractivity contribution in [1.29, 1.82) is 0 Å². The van der Waals surface area contributed by atoms with Gasteiger partial charge >= 0.3 is 0 Å². The quantitative estimate of drug-likeness (QED) is 0.685. The van der Waals surface area contributed by atoms with Crippen LogP contribution in [0.2, 0.25) is 0 Å². The Kier molecular flexibility index (Phi) is 5.73. The van der Waals surface area contributed by atoms with E-state index in [0.717, 1.165) is 18.4 Å². The molecule has 0 aromatic carbocycles. The van der Waals surface area contributed by atoms with Crippen molar-refractivity contribution in [2.45, 2.75) is 45.6 Å². The lowest BCUT2D eigenvalue weighted by molar-refractivity contribution is 0.225. The highest BCUT2D eigenvalue weighted by Gasteiger charge is 2.29. The fraction of sp³-hybridized carbons (Fsp3) is 0.714. The molecule has 0 saturated heterocycles. The fourth-order valence-corrected chi connectivity index (χ4v) is 6.03. The highest BCUT2D eigenvalue weighted by atomic mass is 79.9. The van der Waals surface area contributed by atoms with Crippen molar-refractivity contribution in [3.05, 3.63) is 19.2 Å². The number of hydrogen-bond donors (Lipinski definition) is 1. The zero-order chi connectivity index (χ0) is 13.1. The first-order valence-electron chi connectivity index (χ1n) is 6.80. The predicted molar refractivity (Wildman–Crippen MR) is 87.3 cm³/mol. The Hall–Kier alpha value is 0.620. The van der Waals surface area contributed by atoms with Gasteiger partial charge in [-0.05, 0) is 74.7 Å². The van der Waals surface area contributed by atoms with E-state index < -0.39 is 0 Å². The summed E-state index contributed by atoms with van der Waals surface area (Å²) in [5, 5.41) is 3.70. The van der Waals surface area contributed by atoms with Gasteiger partial charge in [-0.2, -0.15) is 0 Å². The third-order valence-corrected chi connectivity index (χ3v) is 6.28. The SMILES string of the molecule is CCNC(c1cc(Br)sc1Br)C1CCCC(C)C1. The molecule has 102 valence electrons. The van der Waals surface area contributed by atoms with Crippen LogP contribution in [0.5, 0.6) is 0 Å². The van der Waals surface area contributed by atoms with Gasteiger partial charge in [0.25, 0.3) is 0 Å². The molecule has 3 unspecified atom stereocenters. The van der Waals surface area contributed by atoms with Crippen LogP contribution < -0.4 is 5.32 Å². The molecule has 1 nitrogen and oxygen atoms in total. The van der Waals surface area contributed by atoms with E-state index in [9.17, 15) is 0 Å². The van der Waals surface area contributed by atoms with Gasteiger partial charge in [-0.15, -0.1) is 11.3 Å². The Morgan fingerprint density at radius 1 is 1.44 bits per heavy atom. The third kappa shape index (κ3) is 3.59. The van der Waals surface area contributed by atoms with E-state index in [2.05, 4.69) is 57.1 Å². The first kappa shape index (κ1) is 15.0. The number of nitrogens with one attached hydrogen (secondary N) is 1. The summed E-state index contributed by atoms with van der Waals surface area (Å²) in [7, 11) is 0. The zero-order valence-corrected chi connectivity index (χ0v) is 15.0. The molecule has 0 bridgehead atoms. The smallest absolute Gasteiger partial charge is 0.0758 e. The summed E-state index contributed by atoms with van der Waals surface area (Å²) >= 11 is 9.10. The maximum absolute atomic E-state index is 3.72. The van der Waals surface area contributed by atoms with E-state index in [1.807, 2.05) is 0 Å². The Balaban J connectivity index is 2.19. The van der Waals surface area contributed by atoms with E-state index in [1.165, 1.54) is 38.8 Å². The molecule has 1 fully saturated rings. The highest BCUT2D eigenvalue weighted by Crippen LogP contribution is 2.42. The summed E-state index contributed by atoms with van der Waals surface area (Å²) in [6, 6.07) is 2.79. The van der Waals surface area contributed by atoms with Crippen molar-refractivity contribution in [3.63, 3.8) is 0 Å². The van der Waals surface area contributed by atoms with Gasteiger partial charge in [-0.1, -0.05) is 26.7 Å². The molecule has 3 atom stereocenters. The zero-order valence-electron chi connectivity index (χ0n) is 11.0. The molecular formula is C14H21Br2NS. The summed E-state index contributed by atoms with van der Waals surface area (Å²) in [6.45, 7) is 5.64. The predicted octanol–water partition coefficient (Wildman–Crippen LogP) is 5.75. The molecule has 1 saturated carbocycles. The Bertz CT molecular complexity index is 391. The van der Waals surface area contributed by atoms with Crippen molar-refractivity contribution < 1.29 is 0 Å². The van der Waals surface area contributed by atoms with Crippen molar-refractivity contribution in [2.75, 3.05) is 6.54 Å². The second-order valence-corrected chi connectivity index (χ2v) is 9.10. The topological polar surface area (TPSA) is 12.0 Å². The van der Waals surface area contributed by atoms with Gasteiger partial charge in [0.1, 0.15) is 0 Å². The molecule has 1 aromatic rings. The van der Waals surface area contributed by atoms with Gasteiger partial charge in [0, 0.05) is 6.04 Å². The van der Waals surface area contributed by atoms with Gasteiger partial charge in [0.2, 0.25) is 0 Å². The Morgan fingerprint density at radius 3 is 2.78 bits per heavy atom. The molecule has 1 aliphatic rings. The summed E-state index contributed by atoms with van der Waals surface area (Å²) in [5.41, 5.74) is 1.44. The standard InChI is InChI=1S/C14H21Br2NS/c1-3-17-13(10-6-4-5-9(2)7-10)11-8-12(15)18-14(11)16/h8-10,13,17H,3-7H2,1-2H3. The fourth-order valence-electron chi connectivity index (χ4n) is 3.10. The molecule has 0 radical (unpaired) electrons. The molecule has 1 aromatic heterocycles. The van der Waals surface area contributed by atoms with E-state index in [0.29, 0.717) is 6.04 Å². The third-order valence-electron chi connectivity index (χ3n) is 3.89. The van der Waals surface area contributed by atoms with Gasteiger partial charge in [-0.3, -0.25) is 0 Å². The van der Waals surface area contributed by atoms with Crippen LogP contribution >= 0.6 is 43.2 Å². The monoisotopic (exact) mass is 393 g/mol. The van der Waals surface area contributed by atoms with E-state index in [4.69, 9.17) is 0 Å². The number of halogens is 2. The summed E-state index contributed by atoms with van der Waals surface area (Å²) in [5.74, 6) is 1.66. The van der Waals surface area contributed by atoms with Gasteiger partial charge < -0.3 is 5.32 Å². The van der Waals surface area contributed by atoms with E-state index in [-0.39, 0.29) is 0 Å². The summed E-state index contributed by atoms with van der Waals surface area (Å²) in [6.07, 6.45) is 5.51. The minimum Gasteiger partial charge on any atom is -0.310 e. The summed E-state index contributed by atoms with van der Waals surface area (Å²) in [4.78, 5) is 0. The normalized spacial score (nSPS) is 26.2. The van der Waals surface area contributed by atoms with E-state index in [1.54, 1.807) is 11.3 Å². The minimum absolute atomic E-state index is 0.509. The number of thiophene rings is 1. The lowest BCUT2D eigenvalue weighted by Crippen LogP contribution is -2.31. The van der Waals surface area contributed by atoms with Crippen molar-refractivity contribution >= 4 is 43.2 Å². The number of hydrogen-bond acceptors (Lipinski definition) is 2. The van der Waals surface area contributed by atoms with Gasteiger partial charge in [-0.25, -0.2) is 0 Å². The largest absolute Gasteiger partial charge is 0.310 e. The van der Waals surface area contributed by atoms with Crippen LogP contribution in [0, 0.1) is 11.8 Å². The molecule has 1 aliphatic carbocycles. The van der Waals surface area contributed by atoms with Crippen LogP contribution in [0.1, 0.15) is 51.1 Å². The minimum atomic E-state index is 0.509. The van der Waals surface area contributed by atoms with Gasteiger partial charge in [0.05, 0.1) is 7.57 Å². The molecule has 0 aliphatic heterocycles. The first-order valence-corrected chi connectivity index (χ1v) is 9.20. The average molecular weight is 395 g/mol.